The van der Waals surface area contributed by atoms with Crippen molar-refractivity contribution in [3.8, 4) is 0 Å². The summed E-state index contributed by atoms with van der Waals surface area (Å²) in [4.78, 5) is 37.3. The van der Waals surface area contributed by atoms with Crippen molar-refractivity contribution >= 4 is 17.9 Å². The second kappa shape index (κ2) is 23.3. The molecule has 2 atom stereocenters. The maximum absolute atomic E-state index is 13.3. The van der Waals surface area contributed by atoms with Crippen molar-refractivity contribution in [1.82, 2.24) is 0 Å². The Morgan fingerprint density at radius 1 is 0.553 bits per heavy atom. The molecule has 0 aliphatic carbocycles. The molecule has 0 amide bonds. The first-order chi connectivity index (χ1) is 18.2. The summed E-state index contributed by atoms with van der Waals surface area (Å²) < 4.78 is 16.6. The van der Waals surface area contributed by atoms with Crippen LogP contribution in [0.2, 0.25) is 0 Å². The number of unbranched alkanes of at least 4 members (excludes halogenated alkanes) is 16. The van der Waals surface area contributed by atoms with Crippen molar-refractivity contribution in [3.63, 3.8) is 0 Å². The van der Waals surface area contributed by atoms with Crippen LogP contribution in [0.5, 0.6) is 0 Å². The highest BCUT2D eigenvalue weighted by atomic mass is 16.8. The molecule has 6 nitrogen and oxygen atoms in total. The molecule has 0 aromatic heterocycles. The molecule has 0 radical (unpaired) electrons. The molecule has 224 valence electrons. The van der Waals surface area contributed by atoms with E-state index < -0.39 is 29.6 Å². The molecule has 0 aliphatic rings. The van der Waals surface area contributed by atoms with Crippen molar-refractivity contribution < 1.29 is 28.6 Å². The third-order valence-corrected chi connectivity index (χ3v) is 7.29. The van der Waals surface area contributed by atoms with Gasteiger partial charge in [-0.15, -0.1) is 0 Å². The highest BCUT2D eigenvalue weighted by Gasteiger charge is 2.52. The van der Waals surface area contributed by atoms with Gasteiger partial charge in [-0.3, -0.25) is 9.59 Å². The van der Waals surface area contributed by atoms with Gasteiger partial charge >= 0.3 is 23.7 Å². The molecule has 0 aromatic rings. The Labute approximate surface area is 234 Å². The summed E-state index contributed by atoms with van der Waals surface area (Å²) in [6.45, 7) is 10.5. The topological polar surface area (TPSA) is 78.9 Å². The predicted octanol–water partition coefficient (Wildman–Crippen LogP) is 9.22. The average Bonchev–Trinajstić information content (AvgIpc) is 2.85. The highest BCUT2D eigenvalue weighted by molar-refractivity contribution is 5.84. The molecule has 1 unspecified atom stereocenters. The van der Waals surface area contributed by atoms with Gasteiger partial charge in [0.2, 0.25) is 0 Å². The lowest BCUT2D eigenvalue weighted by Crippen LogP contribution is -2.53. The van der Waals surface area contributed by atoms with Gasteiger partial charge in [0.1, 0.15) is 0 Å². The first-order valence-electron chi connectivity index (χ1n) is 15.8. The van der Waals surface area contributed by atoms with Gasteiger partial charge < -0.3 is 14.2 Å². The third-order valence-electron chi connectivity index (χ3n) is 7.29. The minimum Gasteiger partial charge on any atom is -0.457 e. The molecule has 0 rings (SSSR count). The molecule has 6 heteroatoms. The first kappa shape index (κ1) is 36.4. The van der Waals surface area contributed by atoms with E-state index in [-0.39, 0.29) is 6.10 Å². The van der Waals surface area contributed by atoms with Gasteiger partial charge in [0, 0.05) is 19.8 Å². The maximum Gasteiger partial charge on any atom is 0.393 e. The molecule has 0 aliphatic heterocycles. The first-order valence-corrected chi connectivity index (χ1v) is 15.8. The molecular formula is C32H60O6. The molecule has 0 saturated carbocycles. The van der Waals surface area contributed by atoms with Gasteiger partial charge in [-0.2, -0.15) is 0 Å². The van der Waals surface area contributed by atoms with Crippen LogP contribution in [-0.2, 0) is 28.6 Å². The molecule has 0 spiro atoms. The molecule has 0 saturated heterocycles. The van der Waals surface area contributed by atoms with Crippen LogP contribution in [0.4, 0.5) is 0 Å². The quantitative estimate of drug-likeness (QED) is 0.0652. The minimum absolute atomic E-state index is 0.350. The number of ether oxygens (including phenoxy) is 3. The maximum atomic E-state index is 13.3. The SMILES string of the molecule is CCCCCCCCCCCC(C)C(OC(C)=O)(OC(C)=O)C(=O)O[C@@H](C)CCCCCCCCCCC. The Bertz CT molecular complexity index is 601. The van der Waals surface area contributed by atoms with E-state index in [0.717, 1.165) is 38.5 Å². The lowest BCUT2D eigenvalue weighted by molar-refractivity contribution is -0.255. The average molecular weight is 541 g/mol. The number of rotatable bonds is 25. The Morgan fingerprint density at radius 2 is 0.895 bits per heavy atom. The summed E-state index contributed by atoms with van der Waals surface area (Å²) in [5.41, 5.74) is 0. The molecule has 0 aromatic carbocycles. The zero-order valence-electron chi connectivity index (χ0n) is 25.7. The van der Waals surface area contributed by atoms with Crippen LogP contribution < -0.4 is 0 Å². The fourth-order valence-electron chi connectivity index (χ4n) is 4.95. The van der Waals surface area contributed by atoms with Crippen molar-refractivity contribution in [1.29, 1.82) is 0 Å². The molecular weight excluding hydrogens is 480 g/mol. The van der Waals surface area contributed by atoms with Crippen LogP contribution in [0.25, 0.3) is 0 Å². The zero-order chi connectivity index (χ0) is 28.7. The summed E-state index contributed by atoms with van der Waals surface area (Å²) >= 11 is 0. The molecule has 0 bridgehead atoms. The van der Waals surface area contributed by atoms with Crippen LogP contribution in [0.3, 0.4) is 0 Å². The summed E-state index contributed by atoms with van der Waals surface area (Å²) in [6.07, 6.45) is 22.6. The van der Waals surface area contributed by atoms with E-state index in [9.17, 15) is 14.4 Å². The Morgan fingerprint density at radius 3 is 1.26 bits per heavy atom. The largest absolute Gasteiger partial charge is 0.457 e. The Kier molecular flexibility index (Phi) is 22.3. The summed E-state index contributed by atoms with van der Waals surface area (Å²) in [5.74, 6) is -4.67. The number of carbonyl (C=O) groups is 3. The Hall–Kier alpha value is -1.59. The Balaban J connectivity index is 4.76. The lowest BCUT2D eigenvalue weighted by Gasteiger charge is -2.35. The highest BCUT2D eigenvalue weighted by Crippen LogP contribution is 2.32. The van der Waals surface area contributed by atoms with E-state index >= 15 is 0 Å². The van der Waals surface area contributed by atoms with E-state index in [2.05, 4.69) is 13.8 Å². The number of carbonyl (C=O) groups excluding carboxylic acids is 3. The normalized spacial score (nSPS) is 13.1. The van der Waals surface area contributed by atoms with E-state index in [4.69, 9.17) is 14.2 Å². The van der Waals surface area contributed by atoms with E-state index in [1.165, 1.54) is 97.3 Å². The molecule has 0 heterocycles. The van der Waals surface area contributed by atoms with Gasteiger partial charge in [-0.1, -0.05) is 130 Å². The number of hydrogen-bond acceptors (Lipinski definition) is 6. The van der Waals surface area contributed by atoms with Gasteiger partial charge in [-0.05, 0) is 26.2 Å². The summed E-state index contributed by atoms with van der Waals surface area (Å²) in [7, 11) is 0. The van der Waals surface area contributed by atoms with Crippen LogP contribution >= 0.6 is 0 Å². The second-order valence-corrected chi connectivity index (χ2v) is 11.2. The predicted molar refractivity (Wildman–Crippen MR) is 155 cm³/mol. The zero-order valence-corrected chi connectivity index (χ0v) is 25.7. The van der Waals surface area contributed by atoms with Gasteiger partial charge in [0.15, 0.2) is 0 Å². The van der Waals surface area contributed by atoms with Gasteiger partial charge in [0.05, 0.1) is 6.10 Å². The smallest absolute Gasteiger partial charge is 0.393 e. The standard InChI is InChI=1S/C32H60O6/c1-7-9-11-13-15-17-19-21-23-25-27(3)32(37-29(5)33,38-30(6)34)31(35)36-28(4)26-24-22-20-18-16-14-12-10-8-2/h27-28H,7-26H2,1-6H3/t27?,28-/m0/s1. The monoisotopic (exact) mass is 540 g/mol. The van der Waals surface area contributed by atoms with Crippen LogP contribution in [0.15, 0.2) is 0 Å². The van der Waals surface area contributed by atoms with Gasteiger partial charge in [0.25, 0.3) is 0 Å². The van der Waals surface area contributed by atoms with Crippen molar-refractivity contribution in [2.75, 3.05) is 0 Å². The third kappa shape index (κ3) is 17.8. The van der Waals surface area contributed by atoms with Crippen LogP contribution in [0, 0.1) is 5.92 Å². The number of hydrogen-bond donors (Lipinski definition) is 0. The van der Waals surface area contributed by atoms with E-state index in [1.54, 1.807) is 6.92 Å². The summed E-state index contributed by atoms with van der Waals surface area (Å²) in [6, 6.07) is 0. The molecule has 38 heavy (non-hydrogen) atoms. The summed E-state index contributed by atoms with van der Waals surface area (Å²) in [5, 5.41) is 0. The second-order valence-electron chi connectivity index (χ2n) is 11.2. The van der Waals surface area contributed by atoms with Crippen molar-refractivity contribution in [2.24, 2.45) is 5.92 Å². The van der Waals surface area contributed by atoms with Crippen LogP contribution in [-0.4, -0.2) is 29.8 Å². The van der Waals surface area contributed by atoms with E-state index in [1.807, 2.05) is 6.92 Å². The molecule has 0 fully saturated rings. The lowest BCUT2D eigenvalue weighted by atomic mass is 9.93. The van der Waals surface area contributed by atoms with Crippen molar-refractivity contribution in [3.05, 3.63) is 0 Å². The molecule has 0 N–H and O–H groups in total. The fraction of sp³-hybridized carbons (Fsp3) is 0.906. The van der Waals surface area contributed by atoms with Crippen molar-refractivity contribution in [2.45, 2.75) is 182 Å². The minimum atomic E-state index is -2.04. The number of esters is 3. The van der Waals surface area contributed by atoms with E-state index in [0.29, 0.717) is 6.42 Å². The fourth-order valence-corrected chi connectivity index (χ4v) is 4.95. The van der Waals surface area contributed by atoms with Crippen LogP contribution in [0.1, 0.15) is 170 Å². The van der Waals surface area contributed by atoms with Gasteiger partial charge in [-0.25, -0.2) is 4.79 Å².